The molecule has 0 aromatic heterocycles. The molecule has 0 aliphatic heterocycles. The molecular weight excluding hydrogens is 216 g/mol. The second-order valence-electron chi connectivity index (χ2n) is 4.65. The fourth-order valence-corrected chi connectivity index (χ4v) is 1.27. The molecule has 3 heteroatoms. The molecule has 1 aromatic carbocycles. The van der Waals surface area contributed by atoms with Crippen molar-refractivity contribution >= 4 is 6.16 Å². The summed E-state index contributed by atoms with van der Waals surface area (Å²) in [5.41, 5.74) is 0.313. The third-order valence-electron chi connectivity index (χ3n) is 1.95. The minimum atomic E-state index is -0.689. The van der Waals surface area contributed by atoms with Crippen LogP contribution >= 0.6 is 0 Å². The third-order valence-corrected chi connectivity index (χ3v) is 1.95. The minimum absolute atomic E-state index is 0.481. The van der Waals surface area contributed by atoms with Crippen molar-refractivity contribution in [2.45, 2.75) is 32.5 Å². The van der Waals surface area contributed by atoms with E-state index in [1.807, 2.05) is 30.3 Å². The Morgan fingerprint density at radius 1 is 1.29 bits per heavy atom. The van der Waals surface area contributed by atoms with Crippen molar-refractivity contribution in [3.8, 4) is 0 Å². The number of benzene rings is 1. The molecule has 1 atom stereocenters. The van der Waals surface area contributed by atoms with Gasteiger partial charge in [0.2, 0.25) is 0 Å². The normalized spacial score (nSPS) is 12.6. The zero-order chi connectivity index (χ0) is 12.9. The van der Waals surface area contributed by atoms with Gasteiger partial charge >= 0.3 is 6.16 Å². The molecular formula is C14H18O3. The average molecular weight is 234 g/mol. The molecule has 0 amide bonds. The van der Waals surface area contributed by atoms with Crippen molar-refractivity contribution in [1.82, 2.24) is 0 Å². The monoisotopic (exact) mass is 234 g/mol. The maximum absolute atomic E-state index is 11.5. The number of carbonyl (C=O) groups is 1. The van der Waals surface area contributed by atoms with Crippen LogP contribution in [0.2, 0.25) is 0 Å². The van der Waals surface area contributed by atoms with Gasteiger partial charge in [0, 0.05) is 0 Å². The summed E-state index contributed by atoms with van der Waals surface area (Å²) < 4.78 is 10.3. The Balaban J connectivity index is 2.66. The van der Waals surface area contributed by atoms with Crippen molar-refractivity contribution in [3.63, 3.8) is 0 Å². The van der Waals surface area contributed by atoms with E-state index in [0.717, 1.165) is 5.56 Å². The quantitative estimate of drug-likeness (QED) is 0.588. The summed E-state index contributed by atoms with van der Waals surface area (Å²) in [6.07, 6.45) is 0.400. The van der Waals surface area contributed by atoms with Crippen LogP contribution < -0.4 is 0 Å². The second kappa shape index (κ2) is 5.53. The number of hydrogen-bond acceptors (Lipinski definition) is 3. The van der Waals surface area contributed by atoms with Crippen LogP contribution in [0.4, 0.5) is 4.79 Å². The lowest BCUT2D eigenvalue weighted by atomic mass is 10.1. The summed E-state index contributed by atoms with van der Waals surface area (Å²) in [4.78, 5) is 11.5. The summed E-state index contributed by atoms with van der Waals surface area (Å²) in [6.45, 7) is 9.03. The van der Waals surface area contributed by atoms with E-state index in [1.165, 1.54) is 0 Å². The topological polar surface area (TPSA) is 35.5 Å². The SMILES string of the molecule is C=CC(OC(=O)OC(C)(C)C)c1ccccc1. The van der Waals surface area contributed by atoms with Gasteiger partial charge in [0.1, 0.15) is 11.7 Å². The molecule has 0 aliphatic rings. The van der Waals surface area contributed by atoms with E-state index < -0.39 is 17.9 Å². The van der Waals surface area contributed by atoms with E-state index in [9.17, 15) is 4.79 Å². The predicted octanol–water partition coefficient (Wildman–Crippen LogP) is 3.87. The Labute approximate surface area is 102 Å². The van der Waals surface area contributed by atoms with Crippen LogP contribution in [0.25, 0.3) is 0 Å². The number of hydrogen-bond donors (Lipinski definition) is 0. The van der Waals surface area contributed by atoms with Gasteiger partial charge in [0.15, 0.2) is 0 Å². The second-order valence-corrected chi connectivity index (χ2v) is 4.65. The molecule has 1 aromatic rings. The largest absolute Gasteiger partial charge is 0.509 e. The lowest BCUT2D eigenvalue weighted by molar-refractivity contribution is -0.0188. The highest BCUT2D eigenvalue weighted by molar-refractivity contribution is 5.61. The van der Waals surface area contributed by atoms with Crippen molar-refractivity contribution in [3.05, 3.63) is 48.6 Å². The number of carbonyl (C=O) groups excluding carboxylic acids is 1. The fourth-order valence-electron chi connectivity index (χ4n) is 1.27. The highest BCUT2D eigenvalue weighted by atomic mass is 16.7. The summed E-state index contributed by atoms with van der Waals surface area (Å²) >= 11 is 0. The molecule has 0 saturated carbocycles. The molecule has 0 saturated heterocycles. The lowest BCUT2D eigenvalue weighted by Gasteiger charge is -2.21. The zero-order valence-electron chi connectivity index (χ0n) is 10.5. The Kier molecular flexibility index (Phi) is 4.32. The summed E-state index contributed by atoms with van der Waals surface area (Å²) in [7, 11) is 0. The van der Waals surface area contributed by atoms with Crippen LogP contribution in [0.15, 0.2) is 43.0 Å². The average Bonchev–Trinajstić information content (AvgIpc) is 2.24. The van der Waals surface area contributed by atoms with E-state index in [1.54, 1.807) is 26.8 Å². The molecule has 0 N–H and O–H groups in total. The zero-order valence-corrected chi connectivity index (χ0v) is 10.5. The summed E-state index contributed by atoms with van der Waals surface area (Å²) in [5.74, 6) is 0. The van der Waals surface area contributed by atoms with Crippen molar-refractivity contribution in [1.29, 1.82) is 0 Å². The first-order valence-electron chi connectivity index (χ1n) is 5.49. The minimum Gasteiger partial charge on any atom is -0.429 e. The molecule has 3 nitrogen and oxygen atoms in total. The van der Waals surface area contributed by atoms with Gasteiger partial charge in [0.25, 0.3) is 0 Å². The smallest absolute Gasteiger partial charge is 0.429 e. The van der Waals surface area contributed by atoms with Gasteiger partial charge in [-0.3, -0.25) is 0 Å². The van der Waals surface area contributed by atoms with Crippen LogP contribution in [0.5, 0.6) is 0 Å². The van der Waals surface area contributed by atoms with Gasteiger partial charge in [-0.1, -0.05) is 36.9 Å². The Morgan fingerprint density at radius 2 is 1.88 bits per heavy atom. The standard InChI is InChI=1S/C14H18O3/c1-5-12(11-9-7-6-8-10-11)16-13(15)17-14(2,3)4/h5-10,12H,1H2,2-4H3. The lowest BCUT2D eigenvalue weighted by Crippen LogP contribution is -2.25. The fraction of sp³-hybridized carbons (Fsp3) is 0.357. The van der Waals surface area contributed by atoms with E-state index in [4.69, 9.17) is 9.47 Å². The first-order valence-corrected chi connectivity index (χ1v) is 5.49. The molecule has 0 aliphatic carbocycles. The van der Waals surface area contributed by atoms with E-state index >= 15 is 0 Å². The molecule has 0 heterocycles. The molecule has 92 valence electrons. The third kappa shape index (κ3) is 4.72. The van der Waals surface area contributed by atoms with Crippen LogP contribution in [0, 0.1) is 0 Å². The first-order chi connectivity index (χ1) is 7.92. The first kappa shape index (κ1) is 13.3. The van der Waals surface area contributed by atoms with Crippen molar-refractivity contribution in [2.75, 3.05) is 0 Å². The Bertz CT molecular complexity index is 376. The van der Waals surface area contributed by atoms with Gasteiger partial charge in [-0.05, 0) is 32.4 Å². The van der Waals surface area contributed by atoms with Gasteiger partial charge in [-0.25, -0.2) is 4.79 Å². The Hall–Kier alpha value is -1.77. The van der Waals surface area contributed by atoms with Crippen molar-refractivity contribution in [2.24, 2.45) is 0 Å². The van der Waals surface area contributed by atoms with Gasteiger partial charge in [-0.2, -0.15) is 0 Å². The Morgan fingerprint density at radius 3 is 2.35 bits per heavy atom. The molecule has 0 bridgehead atoms. The molecule has 0 radical (unpaired) electrons. The van der Waals surface area contributed by atoms with E-state index in [0.29, 0.717) is 0 Å². The van der Waals surface area contributed by atoms with Gasteiger partial charge in [0.05, 0.1) is 0 Å². The molecule has 0 spiro atoms. The van der Waals surface area contributed by atoms with Crippen molar-refractivity contribution < 1.29 is 14.3 Å². The summed E-state index contributed by atoms with van der Waals surface area (Å²) in [5, 5.41) is 0. The molecule has 17 heavy (non-hydrogen) atoms. The maximum atomic E-state index is 11.5. The van der Waals surface area contributed by atoms with Crippen LogP contribution in [-0.4, -0.2) is 11.8 Å². The molecule has 0 fully saturated rings. The predicted molar refractivity (Wildman–Crippen MR) is 66.7 cm³/mol. The van der Waals surface area contributed by atoms with Crippen LogP contribution in [0.3, 0.4) is 0 Å². The maximum Gasteiger partial charge on any atom is 0.509 e. The summed E-state index contributed by atoms with van der Waals surface area (Å²) in [6, 6.07) is 9.40. The van der Waals surface area contributed by atoms with Gasteiger partial charge < -0.3 is 9.47 Å². The van der Waals surface area contributed by atoms with Crippen LogP contribution in [-0.2, 0) is 9.47 Å². The van der Waals surface area contributed by atoms with E-state index in [2.05, 4.69) is 6.58 Å². The van der Waals surface area contributed by atoms with Gasteiger partial charge in [-0.15, -0.1) is 0 Å². The number of ether oxygens (including phenoxy) is 2. The van der Waals surface area contributed by atoms with Crippen LogP contribution in [0.1, 0.15) is 32.4 Å². The number of rotatable bonds is 3. The highest BCUT2D eigenvalue weighted by Crippen LogP contribution is 2.20. The molecule has 1 unspecified atom stereocenters. The molecule has 1 rings (SSSR count). The highest BCUT2D eigenvalue weighted by Gasteiger charge is 2.20. The van der Waals surface area contributed by atoms with E-state index in [-0.39, 0.29) is 0 Å².